The molecule has 0 aliphatic heterocycles. The first-order valence-corrected chi connectivity index (χ1v) is 9.09. The predicted molar refractivity (Wildman–Crippen MR) is 98.2 cm³/mol. The lowest BCUT2D eigenvalue weighted by molar-refractivity contribution is -0.119. The highest BCUT2D eigenvalue weighted by Crippen LogP contribution is 2.22. The lowest BCUT2D eigenvalue weighted by atomic mass is 10.2. The SMILES string of the molecule is Cc1ccccc1SCC(=O)NC(C)c1nc(-c2ccc(F)cc2)no1. The lowest BCUT2D eigenvalue weighted by Gasteiger charge is -2.10. The molecule has 1 atom stereocenters. The maximum Gasteiger partial charge on any atom is 0.249 e. The average Bonchev–Trinajstić information content (AvgIpc) is 3.12. The van der Waals surface area contributed by atoms with E-state index in [2.05, 4.69) is 15.5 Å². The third kappa shape index (κ3) is 4.49. The molecule has 0 saturated carbocycles. The summed E-state index contributed by atoms with van der Waals surface area (Å²) in [5.74, 6) is 0.513. The highest BCUT2D eigenvalue weighted by Gasteiger charge is 2.17. The Hall–Kier alpha value is -2.67. The number of hydrogen-bond acceptors (Lipinski definition) is 5. The Morgan fingerprint density at radius 1 is 1.23 bits per heavy atom. The van der Waals surface area contributed by atoms with Crippen LogP contribution in [0.25, 0.3) is 11.4 Å². The molecule has 1 heterocycles. The third-order valence-corrected chi connectivity index (χ3v) is 4.92. The molecule has 0 aliphatic carbocycles. The standard InChI is InChI=1S/C19H18FN3O2S/c1-12-5-3-4-6-16(12)26-11-17(24)21-13(2)19-22-18(23-25-19)14-7-9-15(20)10-8-14/h3-10,13H,11H2,1-2H3,(H,21,24). The molecule has 26 heavy (non-hydrogen) atoms. The van der Waals surface area contributed by atoms with Crippen LogP contribution in [-0.2, 0) is 4.79 Å². The molecule has 3 aromatic rings. The van der Waals surface area contributed by atoms with Gasteiger partial charge in [-0.3, -0.25) is 4.79 Å². The van der Waals surface area contributed by atoms with Crippen molar-refractivity contribution in [3.63, 3.8) is 0 Å². The zero-order valence-electron chi connectivity index (χ0n) is 14.4. The quantitative estimate of drug-likeness (QED) is 0.659. The summed E-state index contributed by atoms with van der Waals surface area (Å²) in [6, 6.07) is 13.3. The van der Waals surface area contributed by atoms with Crippen molar-refractivity contribution in [2.75, 3.05) is 5.75 Å². The Morgan fingerprint density at radius 3 is 2.69 bits per heavy atom. The van der Waals surface area contributed by atoms with E-state index in [1.54, 1.807) is 19.1 Å². The van der Waals surface area contributed by atoms with Crippen molar-refractivity contribution in [2.45, 2.75) is 24.8 Å². The fraction of sp³-hybridized carbons (Fsp3) is 0.211. The van der Waals surface area contributed by atoms with Crippen molar-refractivity contribution < 1.29 is 13.7 Å². The number of carbonyl (C=O) groups is 1. The van der Waals surface area contributed by atoms with Crippen LogP contribution >= 0.6 is 11.8 Å². The zero-order chi connectivity index (χ0) is 18.5. The molecule has 1 amide bonds. The summed E-state index contributed by atoms with van der Waals surface area (Å²) in [6.45, 7) is 3.79. The minimum absolute atomic E-state index is 0.118. The van der Waals surface area contributed by atoms with Crippen molar-refractivity contribution in [3.05, 3.63) is 65.8 Å². The van der Waals surface area contributed by atoms with Crippen molar-refractivity contribution in [1.82, 2.24) is 15.5 Å². The van der Waals surface area contributed by atoms with Gasteiger partial charge in [0.2, 0.25) is 17.6 Å². The number of nitrogens with one attached hydrogen (secondary N) is 1. The Bertz CT molecular complexity index is 896. The summed E-state index contributed by atoms with van der Waals surface area (Å²) < 4.78 is 18.2. The van der Waals surface area contributed by atoms with Gasteiger partial charge in [0.05, 0.1) is 5.75 Å². The second kappa shape index (κ2) is 8.14. The molecule has 1 aromatic heterocycles. The number of aryl methyl sites for hydroxylation is 1. The number of halogens is 1. The molecule has 0 bridgehead atoms. The second-order valence-corrected chi connectivity index (χ2v) is 6.82. The van der Waals surface area contributed by atoms with E-state index in [0.29, 0.717) is 23.0 Å². The van der Waals surface area contributed by atoms with E-state index in [1.807, 2.05) is 31.2 Å². The monoisotopic (exact) mass is 371 g/mol. The fourth-order valence-electron chi connectivity index (χ4n) is 2.33. The maximum atomic E-state index is 13.0. The van der Waals surface area contributed by atoms with Gasteiger partial charge in [-0.2, -0.15) is 4.98 Å². The van der Waals surface area contributed by atoms with Crippen molar-refractivity contribution in [1.29, 1.82) is 0 Å². The van der Waals surface area contributed by atoms with Crippen LogP contribution in [0.5, 0.6) is 0 Å². The first-order valence-electron chi connectivity index (χ1n) is 8.10. The van der Waals surface area contributed by atoms with E-state index in [9.17, 15) is 9.18 Å². The number of aromatic nitrogens is 2. The summed E-state index contributed by atoms with van der Waals surface area (Å²) in [4.78, 5) is 17.5. The van der Waals surface area contributed by atoms with Crippen LogP contribution in [0.1, 0.15) is 24.4 Å². The number of rotatable bonds is 6. The van der Waals surface area contributed by atoms with Crippen LogP contribution in [0, 0.1) is 12.7 Å². The van der Waals surface area contributed by atoms with E-state index >= 15 is 0 Å². The minimum atomic E-state index is -0.415. The van der Waals surface area contributed by atoms with Crippen LogP contribution < -0.4 is 5.32 Å². The summed E-state index contributed by atoms with van der Waals surface area (Å²) >= 11 is 1.48. The normalized spacial score (nSPS) is 12.0. The molecule has 2 aromatic carbocycles. The maximum absolute atomic E-state index is 13.0. The molecule has 1 N–H and O–H groups in total. The first-order chi connectivity index (χ1) is 12.5. The van der Waals surface area contributed by atoms with E-state index < -0.39 is 6.04 Å². The van der Waals surface area contributed by atoms with Gasteiger partial charge in [-0.15, -0.1) is 11.8 Å². The minimum Gasteiger partial charge on any atom is -0.344 e. The summed E-state index contributed by atoms with van der Waals surface area (Å²) in [5, 5.41) is 6.73. The highest BCUT2D eigenvalue weighted by atomic mass is 32.2. The molecule has 3 rings (SSSR count). The number of hydrogen-bond donors (Lipinski definition) is 1. The van der Waals surface area contributed by atoms with Gasteiger partial charge in [-0.1, -0.05) is 23.4 Å². The van der Waals surface area contributed by atoms with Crippen LogP contribution in [0.2, 0.25) is 0 Å². The summed E-state index contributed by atoms with van der Waals surface area (Å²) in [7, 11) is 0. The van der Waals surface area contributed by atoms with E-state index in [1.165, 1.54) is 23.9 Å². The van der Waals surface area contributed by atoms with Gasteiger partial charge in [-0.25, -0.2) is 4.39 Å². The average molecular weight is 371 g/mol. The van der Waals surface area contributed by atoms with Crippen LogP contribution in [-0.4, -0.2) is 21.8 Å². The molecule has 0 fully saturated rings. The van der Waals surface area contributed by atoms with Gasteiger partial charge in [0.1, 0.15) is 11.9 Å². The molecule has 0 radical (unpaired) electrons. The van der Waals surface area contributed by atoms with E-state index in [-0.39, 0.29) is 11.7 Å². The van der Waals surface area contributed by atoms with E-state index in [4.69, 9.17) is 4.52 Å². The van der Waals surface area contributed by atoms with Gasteiger partial charge in [0, 0.05) is 10.5 Å². The zero-order valence-corrected chi connectivity index (χ0v) is 15.2. The molecule has 134 valence electrons. The molecule has 0 aliphatic rings. The molecule has 7 heteroatoms. The second-order valence-electron chi connectivity index (χ2n) is 5.81. The number of carbonyl (C=O) groups excluding carboxylic acids is 1. The van der Waals surface area contributed by atoms with Crippen LogP contribution in [0.15, 0.2) is 57.9 Å². The van der Waals surface area contributed by atoms with Crippen molar-refractivity contribution in [2.24, 2.45) is 0 Å². The van der Waals surface area contributed by atoms with Crippen molar-refractivity contribution in [3.8, 4) is 11.4 Å². The number of thioether (sulfide) groups is 1. The Balaban J connectivity index is 1.58. The summed E-state index contributed by atoms with van der Waals surface area (Å²) in [5.41, 5.74) is 1.79. The third-order valence-electron chi connectivity index (χ3n) is 3.74. The van der Waals surface area contributed by atoms with Crippen LogP contribution in [0.3, 0.4) is 0 Å². The Kier molecular flexibility index (Phi) is 5.68. The summed E-state index contributed by atoms with van der Waals surface area (Å²) in [6.07, 6.45) is 0. The molecule has 1 unspecified atom stereocenters. The van der Waals surface area contributed by atoms with Crippen LogP contribution in [0.4, 0.5) is 4.39 Å². The Labute approximate surface area is 155 Å². The highest BCUT2D eigenvalue weighted by molar-refractivity contribution is 8.00. The molecular formula is C19H18FN3O2S. The number of nitrogens with zero attached hydrogens (tertiary/aromatic N) is 2. The fourth-order valence-corrected chi connectivity index (χ4v) is 3.17. The largest absolute Gasteiger partial charge is 0.344 e. The van der Waals surface area contributed by atoms with Gasteiger partial charge in [-0.05, 0) is 49.7 Å². The molecule has 0 saturated heterocycles. The lowest BCUT2D eigenvalue weighted by Crippen LogP contribution is -2.28. The number of benzene rings is 2. The van der Waals surface area contributed by atoms with Gasteiger partial charge < -0.3 is 9.84 Å². The smallest absolute Gasteiger partial charge is 0.249 e. The molecule has 0 spiro atoms. The first kappa shape index (κ1) is 18.1. The van der Waals surface area contributed by atoms with Crippen molar-refractivity contribution >= 4 is 17.7 Å². The topological polar surface area (TPSA) is 68.0 Å². The number of amides is 1. The molecule has 5 nitrogen and oxygen atoms in total. The van der Waals surface area contributed by atoms with E-state index in [0.717, 1.165) is 10.5 Å². The van der Waals surface area contributed by atoms with Gasteiger partial charge >= 0.3 is 0 Å². The Morgan fingerprint density at radius 2 is 1.96 bits per heavy atom. The predicted octanol–water partition coefficient (Wildman–Crippen LogP) is 4.15. The molecular weight excluding hydrogens is 353 g/mol. The van der Waals surface area contributed by atoms with Gasteiger partial charge in [0.25, 0.3) is 0 Å². The van der Waals surface area contributed by atoms with Gasteiger partial charge in [0.15, 0.2) is 0 Å².